The highest BCUT2D eigenvalue weighted by molar-refractivity contribution is 6.99. The zero-order valence-corrected chi connectivity index (χ0v) is 27.1. The zero-order valence-electron chi connectivity index (χ0n) is 26.1. The molecule has 0 aliphatic carbocycles. The molecular formula is C33H47NO6Si. The Balaban J connectivity index is 1.74. The number of nitrogens with zero attached hydrogens (tertiary/aromatic N) is 1. The fourth-order valence-electron chi connectivity index (χ4n) is 6.01. The number of benzene rings is 2. The van der Waals surface area contributed by atoms with Gasteiger partial charge in [-0.3, -0.25) is 4.90 Å². The molecule has 0 aromatic heterocycles. The number of carbonyl (C=O) groups excluding carboxylic acids is 2. The Kier molecular flexibility index (Phi) is 8.79. The molecule has 2 aromatic carbocycles. The minimum atomic E-state index is -2.83. The van der Waals surface area contributed by atoms with E-state index < -0.39 is 37.6 Å². The van der Waals surface area contributed by atoms with Gasteiger partial charge < -0.3 is 18.6 Å². The predicted molar refractivity (Wildman–Crippen MR) is 163 cm³/mol. The van der Waals surface area contributed by atoms with Gasteiger partial charge in [0, 0.05) is 12.5 Å². The van der Waals surface area contributed by atoms with Gasteiger partial charge in [-0.1, -0.05) is 81.4 Å². The van der Waals surface area contributed by atoms with Gasteiger partial charge >= 0.3 is 12.1 Å². The maximum Gasteiger partial charge on any atom is 0.411 e. The van der Waals surface area contributed by atoms with E-state index in [-0.39, 0.29) is 23.1 Å². The molecule has 0 radical (unpaired) electrons. The summed E-state index contributed by atoms with van der Waals surface area (Å²) in [6.45, 7) is 18.6. The second kappa shape index (κ2) is 11.5. The summed E-state index contributed by atoms with van der Waals surface area (Å²) < 4.78 is 24.7. The van der Waals surface area contributed by atoms with Crippen molar-refractivity contribution in [1.29, 1.82) is 0 Å². The number of hydrogen-bond donors (Lipinski definition) is 0. The minimum Gasteiger partial charge on any atom is -0.458 e. The highest BCUT2D eigenvalue weighted by atomic mass is 28.4. The highest BCUT2D eigenvalue weighted by Gasteiger charge is 2.57. The molecule has 7 nitrogen and oxygen atoms in total. The third-order valence-corrected chi connectivity index (χ3v) is 12.6. The molecule has 2 saturated heterocycles. The summed E-state index contributed by atoms with van der Waals surface area (Å²) in [6.07, 6.45) is -0.291. The zero-order chi connectivity index (χ0) is 30.2. The Morgan fingerprint density at radius 1 is 0.829 bits per heavy atom. The molecule has 0 N–H and O–H groups in total. The van der Waals surface area contributed by atoms with Gasteiger partial charge in [-0.25, -0.2) is 9.59 Å². The Bertz CT molecular complexity index is 1150. The maximum atomic E-state index is 13.6. The lowest BCUT2D eigenvalue weighted by Crippen LogP contribution is -2.67. The van der Waals surface area contributed by atoms with Gasteiger partial charge in [0.1, 0.15) is 23.3 Å². The van der Waals surface area contributed by atoms with E-state index in [4.69, 9.17) is 18.6 Å². The molecule has 1 unspecified atom stereocenters. The lowest BCUT2D eigenvalue weighted by atomic mass is 9.98. The van der Waals surface area contributed by atoms with Crippen LogP contribution < -0.4 is 10.4 Å². The molecule has 4 rings (SSSR count). The number of rotatable bonds is 7. The first kappa shape index (κ1) is 31.3. The Labute approximate surface area is 246 Å². The number of amides is 1. The average molecular weight is 582 g/mol. The van der Waals surface area contributed by atoms with Gasteiger partial charge in [0.25, 0.3) is 8.32 Å². The molecule has 0 bridgehead atoms. The summed E-state index contributed by atoms with van der Waals surface area (Å²) in [5.74, 6) is -0.573. The first-order chi connectivity index (χ1) is 19.0. The van der Waals surface area contributed by atoms with Crippen LogP contribution in [-0.4, -0.2) is 67.9 Å². The normalized spacial score (nSPS) is 23.3. The number of hydrogen-bond acceptors (Lipinski definition) is 6. The van der Waals surface area contributed by atoms with Gasteiger partial charge in [-0.15, -0.1) is 0 Å². The van der Waals surface area contributed by atoms with Crippen molar-refractivity contribution in [2.75, 3.05) is 13.2 Å². The van der Waals surface area contributed by atoms with E-state index >= 15 is 0 Å². The number of likely N-dealkylation sites (tertiary alicyclic amines) is 1. The number of epoxide rings is 1. The minimum absolute atomic E-state index is 0.144. The van der Waals surface area contributed by atoms with Crippen LogP contribution in [0.5, 0.6) is 0 Å². The maximum absolute atomic E-state index is 13.6. The summed E-state index contributed by atoms with van der Waals surface area (Å²) in [5.41, 5.74) is -1.40. The monoisotopic (exact) mass is 581 g/mol. The summed E-state index contributed by atoms with van der Waals surface area (Å²) in [6, 6.07) is 19.8. The van der Waals surface area contributed by atoms with E-state index in [1.807, 2.05) is 53.7 Å². The quantitative estimate of drug-likeness (QED) is 0.251. The first-order valence-electron chi connectivity index (χ1n) is 14.6. The standard InChI is InChI=1S/C33H47NO6Si/c1-31(2,3)39-29(35)26-20-23(28(27-22-37-27)34(26)30(36)40-32(4,5)6)21-38-41(33(7,8)9,24-16-12-10-13-17-24)25-18-14-11-15-19-25/h10-19,23,26-28H,20-22H2,1-9H3/t23-,26+,27?,28+/m1/s1. The summed E-state index contributed by atoms with van der Waals surface area (Å²) >= 11 is 0. The van der Waals surface area contributed by atoms with E-state index in [2.05, 4.69) is 69.3 Å². The molecule has 41 heavy (non-hydrogen) atoms. The van der Waals surface area contributed by atoms with Crippen LogP contribution in [0.1, 0.15) is 68.7 Å². The van der Waals surface area contributed by atoms with Gasteiger partial charge in [-0.05, 0) is 63.4 Å². The van der Waals surface area contributed by atoms with Crippen molar-refractivity contribution in [1.82, 2.24) is 4.90 Å². The second-order valence-electron chi connectivity index (χ2n) is 14.3. The van der Waals surface area contributed by atoms with Gasteiger partial charge in [-0.2, -0.15) is 0 Å². The van der Waals surface area contributed by atoms with Crippen molar-refractivity contribution in [3.8, 4) is 0 Å². The van der Waals surface area contributed by atoms with Crippen molar-refractivity contribution in [3.63, 3.8) is 0 Å². The third kappa shape index (κ3) is 7.04. The molecule has 2 aromatic rings. The van der Waals surface area contributed by atoms with Crippen molar-refractivity contribution in [2.24, 2.45) is 5.92 Å². The number of carbonyl (C=O) groups is 2. The van der Waals surface area contributed by atoms with Crippen LogP contribution >= 0.6 is 0 Å². The fraction of sp³-hybridized carbons (Fsp3) is 0.576. The molecule has 2 fully saturated rings. The third-order valence-electron chi connectivity index (χ3n) is 7.62. The van der Waals surface area contributed by atoms with Crippen molar-refractivity contribution in [3.05, 3.63) is 60.7 Å². The van der Waals surface area contributed by atoms with E-state index in [9.17, 15) is 9.59 Å². The van der Waals surface area contributed by atoms with Crippen LogP contribution in [-0.2, 0) is 23.4 Å². The predicted octanol–water partition coefficient (Wildman–Crippen LogP) is 5.30. The van der Waals surface area contributed by atoms with Gasteiger partial charge in [0.2, 0.25) is 0 Å². The Hall–Kier alpha value is -2.68. The van der Waals surface area contributed by atoms with E-state index in [0.29, 0.717) is 19.6 Å². The topological polar surface area (TPSA) is 77.6 Å². The highest BCUT2D eigenvalue weighted by Crippen LogP contribution is 2.42. The van der Waals surface area contributed by atoms with Crippen molar-refractivity contribution < 1.29 is 28.2 Å². The molecule has 2 aliphatic rings. The Morgan fingerprint density at radius 2 is 1.32 bits per heavy atom. The molecule has 1 amide bonds. The van der Waals surface area contributed by atoms with Crippen LogP contribution in [0.2, 0.25) is 5.04 Å². The van der Waals surface area contributed by atoms with Gasteiger partial charge in [0.05, 0.1) is 12.6 Å². The van der Waals surface area contributed by atoms with Gasteiger partial charge in [0.15, 0.2) is 0 Å². The lowest BCUT2D eigenvalue weighted by Gasteiger charge is -2.44. The van der Waals surface area contributed by atoms with Crippen LogP contribution in [0.15, 0.2) is 60.7 Å². The molecule has 2 aliphatic heterocycles. The summed E-state index contributed by atoms with van der Waals surface area (Å²) in [4.78, 5) is 28.8. The largest absolute Gasteiger partial charge is 0.458 e. The van der Waals surface area contributed by atoms with Crippen molar-refractivity contribution >= 4 is 30.8 Å². The smallest absolute Gasteiger partial charge is 0.411 e. The first-order valence-corrected chi connectivity index (χ1v) is 16.5. The fourth-order valence-corrected chi connectivity index (χ4v) is 10.6. The molecule has 8 heteroatoms. The van der Waals surface area contributed by atoms with Crippen LogP contribution in [0.25, 0.3) is 0 Å². The Morgan fingerprint density at radius 3 is 1.73 bits per heavy atom. The molecule has 0 spiro atoms. The van der Waals surface area contributed by atoms with Crippen LogP contribution in [0.3, 0.4) is 0 Å². The number of esters is 1. The molecule has 2 heterocycles. The molecule has 0 saturated carbocycles. The lowest BCUT2D eigenvalue weighted by molar-refractivity contribution is -0.160. The molecular weight excluding hydrogens is 534 g/mol. The molecule has 4 atom stereocenters. The van der Waals surface area contributed by atoms with Crippen LogP contribution in [0, 0.1) is 5.92 Å². The van der Waals surface area contributed by atoms with E-state index in [0.717, 1.165) is 0 Å². The second-order valence-corrected chi connectivity index (χ2v) is 18.6. The SMILES string of the molecule is CC(C)(C)OC(=O)[C@@H]1C[C@H](CO[Si](c2ccccc2)(c2ccccc2)C(C)(C)C)[C@@H](C2CO2)N1C(=O)OC(C)(C)C. The molecule has 224 valence electrons. The summed E-state index contributed by atoms with van der Waals surface area (Å²) in [7, 11) is -2.83. The van der Waals surface area contributed by atoms with Crippen LogP contribution in [0.4, 0.5) is 4.79 Å². The van der Waals surface area contributed by atoms with Crippen molar-refractivity contribution in [2.45, 2.75) is 103 Å². The van der Waals surface area contributed by atoms with E-state index in [1.165, 1.54) is 10.4 Å². The van der Waals surface area contributed by atoms with E-state index in [1.54, 1.807) is 4.90 Å². The number of ether oxygens (including phenoxy) is 3. The average Bonchev–Trinajstić information content (AvgIpc) is 3.62. The summed E-state index contributed by atoms with van der Waals surface area (Å²) in [5, 5.41) is 2.17.